The average molecular weight is 289 g/mol. The lowest BCUT2D eigenvalue weighted by molar-refractivity contribution is 0.0579. The number of aliphatic hydroxyl groups is 1. The van der Waals surface area contributed by atoms with Gasteiger partial charge in [0, 0.05) is 17.5 Å². The van der Waals surface area contributed by atoms with Gasteiger partial charge in [-0.05, 0) is 24.8 Å². The van der Waals surface area contributed by atoms with Gasteiger partial charge in [-0.3, -0.25) is 4.79 Å². The van der Waals surface area contributed by atoms with Gasteiger partial charge in [0.15, 0.2) is 5.76 Å². The summed E-state index contributed by atoms with van der Waals surface area (Å²) in [5.74, 6) is 0.0341. The molecule has 1 unspecified atom stereocenters. The fourth-order valence-electron chi connectivity index (χ4n) is 2.18. The summed E-state index contributed by atoms with van der Waals surface area (Å²) in [6, 6.07) is 5.85. The highest BCUT2D eigenvalue weighted by Crippen LogP contribution is 2.27. The zero-order valence-electron chi connectivity index (χ0n) is 13.3. The molecule has 2 rings (SSSR count). The van der Waals surface area contributed by atoms with E-state index in [0.717, 1.165) is 22.1 Å². The Morgan fingerprint density at radius 1 is 1.33 bits per heavy atom. The zero-order chi connectivity index (χ0) is 15.8. The second-order valence-corrected chi connectivity index (χ2v) is 6.60. The van der Waals surface area contributed by atoms with Crippen LogP contribution in [0.3, 0.4) is 0 Å². The normalized spacial score (nSPS) is 13.4. The molecule has 1 atom stereocenters. The van der Waals surface area contributed by atoms with Gasteiger partial charge in [0.25, 0.3) is 5.91 Å². The molecule has 1 aromatic carbocycles. The molecule has 2 N–H and O–H groups in total. The molecule has 21 heavy (non-hydrogen) atoms. The van der Waals surface area contributed by atoms with Crippen molar-refractivity contribution in [2.45, 2.75) is 40.7 Å². The highest BCUT2D eigenvalue weighted by molar-refractivity contribution is 5.99. The Morgan fingerprint density at radius 2 is 2.00 bits per heavy atom. The largest absolute Gasteiger partial charge is 0.450 e. The molecule has 0 saturated carbocycles. The maximum Gasteiger partial charge on any atom is 0.287 e. The van der Waals surface area contributed by atoms with E-state index in [1.807, 2.05) is 52.8 Å². The van der Waals surface area contributed by atoms with Crippen molar-refractivity contribution in [2.75, 3.05) is 6.54 Å². The van der Waals surface area contributed by atoms with Gasteiger partial charge in [0.05, 0.1) is 6.10 Å². The molecule has 2 aromatic rings. The standard InChI is InChI=1S/C17H23NO3/c1-10-7-6-8-12-11(2)15(21-14(10)12)16(20)18-9-13(19)17(3,4)5/h6-8,13,19H,9H2,1-5H3,(H,18,20). The molecule has 0 aliphatic carbocycles. The Morgan fingerprint density at radius 3 is 2.57 bits per heavy atom. The lowest BCUT2D eigenvalue weighted by Gasteiger charge is -2.25. The van der Waals surface area contributed by atoms with Gasteiger partial charge in [0.2, 0.25) is 0 Å². The first kappa shape index (κ1) is 15.6. The summed E-state index contributed by atoms with van der Waals surface area (Å²) in [4.78, 5) is 12.3. The van der Waals surface area contributed by atoms with E-state index < -0.39 is 6.10 Å². The van der Waals surface area contributed by atoms with Crippen LogP contribution < -0.4 is 5.32 Å². The first-order valence-electron chi connectivity index (χ1n) is 7.17. The first-order chi connectivity index (χ1) is 9.71. The van der Waals surface area contributed by atoms with Crippen LogP contribution in [0.2, 0.25) is 0 Å². The van der Waals surface area contributed by atoms with E-state index in [-0.39, 0.29) is 17.9 Å². The number of carbonyl (C=O) groups excluding carboxylic acids is 1. The predicted molar refractivity (Wildman–Crippen MR) is 83.5 cm³/mol. The number of fused-ring (bicyclic) bond motifs is 1. The molecular formula is C17H23NO3. The van der Waals surface area contributed by atoms with Gasteiger partial charge in [-0.15, -0.1) is 0 Å². The van der Waals surface area contributed by atoms with E-state index in [9.17, 15) is 9.90 Å². The number of aryl methyl sites for hydroxylation is 2. The van der Waals surface area contributed by atoms with Crippen molar-refractivity contribution >= 4 is 16.9 Å². The Labute approximate surface area is 125 Å². The number of amides is 1. The number of aliphatic hydroxyl groups excluding tert-OH is 1. The molecule has 1 aromatic heterocycles. The van der Waals surface area contributed by atoms with Gasteiger partial charge in [-0.25, -0.2) is 0 Å². The third-order valence-corrected chi connectivity index (χ3v) is 3.82. The van der Waals surface area contributed by atoms with E-state index >= 15 is 0 Å². The van der Waals surface area contributed by atoms with E-state index in [1.165, 1.54) is 0 Å². The maximum atomic E-state index is 12.3. The third-order valence-electron chi connectivity index (χ3n) is 3.82. The second-order valence-electron chi connectivity index (χ2n) is 6.60. The smallest absolute Gasteiger partial charge is 0.287 e. The second kappa shape index (κ2) is 5.53. The van der Waals surface area contributed by atoms with Crippen molar-refractivity contribution in [3.8, 4) is 0 Å². The van der Waals surface area contributed by atoms with Crippen molar-refractivity contribution in [1.29, 1.82) is 0 Å². The van der Waals surface area contributed by atoms with Crippen LogP contribution in [0.25, 0.3) is 11.0 Å². The number of carbonyl (C=O) groups is 1. The van der Waals surface area contributed by atoms with Crippen LogP contribution in [0.4, 0.5) is 0 Å². The van der Waals surface area contributed by atoms with E-state index in [0.29, 0.717) is 5.76 Å². The van der Waals surface area contributed by atoms with Crippen LogP contribution in [0, 0.1) is 19.3 Å². The summed E-state index contributed by atoms with van der Waals surface area (Å²) >= 11 is 0. The zero-order valence-corrected chi connectivity index (χ0v) is 13.3. The number of nitrogens with one attached hydrogen (secondary N) is 1. The topological polar surface area (TPSA) is 62.5 Å². The molecule has 0 spiro atoms. The number of hydrogen-bond donors (Lipinski definition) is 2. The molecule has 1 amide bonds. The van der Waals surface area contributed by atoms with E-state index in [2.05, 4.69) is 5.32 Å². The first-order valence-corrected chi connectivity index (χ1v) is 7.17. The highest BCUT2D eigenvalue weighted by Gasteiger charge is 2.24. The monoisotopic (exact) mass is 289 g/mol. The van der Waals surface area contributed by atoms with Crippen molar-refractivity contribution in [3.05, 3.63) is 35.1 Å². The molecule has 0 bridgehead atoms. The van der Waals surface area contributed by atoms with Gasteiger partial charge < -0.3 is 14.8 Å². The quantitative estimate of drug-likeness (QED) is 0.912. The molecule has 0 fully saturated rings. The number of furan rings is 1. The molecule has 0 aliphatic rings. The number of para-hydroxylation sites is 1. The third kappa shape index (κ3) is 3.10. The molecule has 0 aliphatic heterocycles. The fourth-order valence-corrected chi connectivity index (χ4v) is 2.18. The number of hydrogen-bond acceptors (Lipinski definition) is 3. The van der Waals surface area contributed by atoms with Crippen molar-refractivity contribution < 1.29 is 14.3 Å². The number of benzene rings is 1. The fraction of sp³-hybridized carbons (Fsp3) is 0.471. The van der Waals surface area contributed by atoms with Crippen LogP contribution >= 0.6 is 0 Å². The lowest BCUT2D eigenvalue weighted by Crippen LogP contribution is -2.39. The van der Waals surface area contributed by atoms with Crippen LogP contribution in [0.1, 0.15) is 42.5 Å². The van der Waals surface area contributed by atoms with E-state index in [1.54, 1.807) is 0 Å². The van der Waals surface area contributed by atoms with Crippen LogP contribution in [0.5, 0.6) is 0 Å². The Hall–Kier alpha value is -1.81. The summed E-state index contributed by atoms with van der Waals surface area (Å²) in [5.41, 5.74) is 2.31. The number of rotatable bonds is 3. The van der Waals surface area contributed by atoms with Crippen LogP contribution in [-0.2, 0) is 0 Å². The van der Waals surface area contributed by atoms with Gasteiger partial charge >= 0.3 is 0 Å². The van der Waals surface area contributed by atoms with E-state index in [4.69, 9.17) is 4.42 Å². The van der Waals surface area contributed by atoms with Crippen molar-refractivity contribution in [3.63, 3.8) is 0 Å². The summed E-state index contributed by atoms with van der Waals surface area (Å²) in [6.45, 7) is 9.83. The molecule has 4 nitrogen and oxygen atoms in total. The van der Waals surface area contributed by atoms with Gasteiger partial charge in [0.1, 0.15) is 5.58 Å². The summed E-state index contributed by atoms with van der Waals surface area (Å²) in [7, 11) is 0. The average Bonchev–Trinajstić information content (AvgIpc) is 2.74. The molecule has 0 radical (unpaired) electrons. The molecule has 114 valence electrons. The van der Waals surface area contributed by atoms with Crippen LogP contribution in [-0.4, -0.2) is 23.7 Å². The minimum absolute atomic E-state index is 0.206. The Bertz CT molecular complexity index is 664. The summed E-state index contributed by atoms with van der Waals surface area (Å²) in [6.07, 6.45) is -0.604. The molecular weight excluding hydrogens is 266 g/mol. The van der Waals surface area contributed by atoms with Gasteiger partial charge in [-0.2, -0.15) is 0 Å². The molecule has 0 saturated heterocycles. The lowest BCUT2D eigenvalue weighted by atomic mass is 9.89. The SMILES string of the molecule is Cc1c(C(=O)NCC(O)C(C)(C)C)oc2c(C)cccc12. The molecule has 4 heteroatoms. The predicted octanol–water partition coefficient (Wildman–Crippen LogP) is 3.19. The summed E-state index contributed by atoms with van der Waals surface area (Å²) in [5, 5.41) is 13.7. The minimum Gasteiger partial charge on any atom is -0.450 e. The van der Waals surface area contributed by atoms with Gasteiger partial charge in [-0.1, -0.05) is 39.0 Å². The maximum absolute atomic E-state index is 12.3. The van der Waals surface area contributed by atoms with Crippen molar-refractivity contribution in [2.24, 2.45) is 5.41 Å². The summed E-state index contributed by atoms with van der Waals surface area (Å²) < 4.78 is 5.72. The van der Waals surface area contributed by atoms with Crippen molar-refractivity contribution in [1.82, 2.24) is 5.32 Å². The van der Waals surface area contributed by atoms with Crippen LogP contribution in [0.15, 0.2) is 22.6 Å². The highest BCUT2D eigenvalue weighted by atomic mass is 16.3. The minimum atomic E-state index is -0.604. The Kier molecular flexibility index (Phi) is 4.10. The molecule has 1 heterocycles. The Balaban J connectivity index is 2.21.